The second-order valence-electron chi connectivity index (χ2n) is 8.15. The summed E-state index contributed by atoms with van der Waals surface area (Å²) >= 11 is 12.5. The Morgan fingerprint density at radius 1 is 1.21 bits per heavy atom. The van der Waals surface area contributed by atoms with Gasteiger partial charge in [-0.2, -0.15) is 18.3 Å². The quantitative estimate of drug-likeness (QED) is 0.304. The fraction of sp³-hybridized carbons (Fsp3) is 0.261. The number of rotatable bonds is 4. The van der Waals surface area contributed by atoms with Crippen LogP contribution in [0.2, 0.25) is 10.0 Å². The lowest BCUT2D eigenvalue weighted by molar-refractivity contribution is -0.141. The Bertz CT molecular complexity index is 1440. The first-order valence-corrected chi connectivity index (χ1v) is 11.1. The van der Waals surface area contributed by atoms with E-state index in [0.29, 0.717) is 39.1 Å². The number of oxazole rings is 1. The van der Waals surface area contributed by atoms with Crippen molar-refractivity contribution in [1.82, 2.24) is 14.8 Å². The highest BCUT2D eigenvalue weighted by atomic mass is 35.5. The van der Waals surface area contributed by atoms with Crippen molar-refractivity contribution in [3.8, 4) is 5.69 Å². The van der Waals surface area contributed by atoms with Crippen molar-refractivity contribution in [3.63, 3.8) is 0 Å². The van der Waals surface area contributed by atoms with Crippen LogP contribution in [0.1, 0.15) is 46.4 Å². The van der Waals surface area contributed by atoms with Crippen molar-refractivity contribution in [2.45, 2.75) is 31.9 Å². The SMILES string of the molecule is Cc1nc2cc(Cl)c(N(C)C(=O)c3cccc(-n4nc(C(F)(F)F)c(Cl)c4C4CC4)c3)cc2o1. The number of carbonyl (C=O) groups excluding carboxylic acids is 1. The summed E-state index contributed by atoms with van der Waals surface area (Å²) in [5.74, 6) is -0.0527. The van der Waals surface area contributed by atoms with E-state index >= 15 is 0 Å². The van der Waals surface area contributed by atoms with E-state index in [4.69, 9.17) is 27.6 Å². The summed E-state index contributed by atoms with van der Waals surface area (Å²) in [7, 11) is 1.55. The van der Waals surface area contributed by atoms with Gasteiger partial charge in [-0.3, -0.25) is 4.79 Å². The van der Waals surface area contributed by atoms with Crippen LogP contribution in [0, 0.1) is 6.92 Å². The topological polar surface area (TPSA) is 64.2 Å². The Balaban J connectivity index is 1.53. The first-order valence-electron chi connectivity index (χ1n) is 10.4. The Kier molecular flexibility index (Phi) is 5.37. The van der Waals surface area contributed by atoms with Crippen molar-refractivity contribution in [1.29, 1.82) is 0 Å². The number of hydrogen-bond acceptors (Lipinski definition) is 4. The summed E-state index contributed by atoms with van der Waals surface area (Å²) < 4.78 is 47.1. The summed E-state index contributed by atoms with van der Waals surface area (Å²) in [6, 6.07) is 9.45. The molecule has 34 heavy (non-hydrogen) atoms. The van der Waals surface area contributed by atoms with Gasteiger partial charge in [0, 0.05) is 31.5 Å². The molecule has 0 bridgehead atoms. The molecule has 1 amide bonds. The van der Waals surface area contributed by atoms with Crippen LogP contribution in [0.3, 0.4) is 0 Å². The minimum atomic E-state index is -4.69. The van der Waals surface area contributed by atoms with E-state index in [1.54, 1.807) is 44.3 Å². The van der Waals surface area contributed by atoms with Gasteiger partial charge in [-0.1, -0.05) is 29.3 Å². The van der Waals surface area contributed by atoms with Gasteiger partial charge in [0.25, 0.3) is 5.91 Å². The van der Waals surface area contributed by atoms with Crippen molar-refractivity contribution < 1.29 is 22.4 Å². The zero-order valence-electron chi connectivity index (χ0n) is 18.0. The number of aromatic nitrogens is 3. The van der Waals surface area contributed by atoms with E-state index in [-0.39, 0.29) is 11.5 Å². The molecule has 1 aliphatic carbocycles. The van der Waals surface area contributed by atoms with Gasteiger partial charge in [-0.25, -0.2) is 9.67 Å². The van der Waals surface area contributed by atoms with E-state index in [1.807, 2.05) is 0 Å². The highest BCUT2D eigenvalue weighted by molar-refractivity contribution is 6.35. The largest absolute Gasteiger partial charge is 0.441 e. The van der Waals surface area contributed by atoms with Crippen LogP contribution < -0.4 is 4.90 Å². The number of halogens is 5. The molecule has 0 aliphatic heterocycles. The maximum Gasteiger partial charge on any atom is 0.436 e. The molecule has 1 saturated carbocycles. The Hall–Kier alpha value is -3.04. The maximum absolute atomic E-state index is 13.4. The zero-order chi connectivity index (χ0) is 24.4. The highest BCUT2D eigenvalue weighted by Gasteiger charge is 2.42. The summed E-state index contributed by atoms with van der Waals surface area (Å²) in [5.41, 5.74) is 1.18. The molecule has 5 rings (SSSR count). The molecule has 176 valence electrons. The monoisotopic (exact) mass is 508 g/mol. The minimum absolute atomic E-state index is 0.103. The molecule has 6 nitrogen and oxygen atoms in total. The molecule has 0 unspecified atom stereocenters. The van der Waals surface area contributed by atoms with Crippen molar-refractivity contribution >= 4 is 45.9 Å². The van der Waals surface area contributed by atoms with E-state index in [1.165, 1.54) is 15.6 Å². The van der Waals surface area contributed by atoms with Crippen molar-refractivity contribution in [2.24, 2.45) is 0 Å². The minimum Gasteiger partial charge on any atom is -0.441 e. The van der Waals surface area contributed by atoms with Gasteiger partial charge in [-0.05, 0) is 37.1 Å². The third-order valence-corrected chi connectivity index (χ3v) is 6.34. The molecule has 1 fully saturated rings. The number of anilines is 1. The zero-order valence-corrected chi connectivity index (χ0v) is 19.5. The van der Waals surface area contributed by atoms with Crippen LogP contribution in [-0.4, -0.2) is 27.7 Å². The lowest BCUT2D eigenvalue weighted by atomic mass is 10.1. The van der Waals surface area contributed by atoms with Gasteiger partial charge in [0.1, 0.15) is 5.52 Å². The predicted octanol–water partition coefficient (Wildman–Crippen LogP) is 6.80. The van der Waals surface area contributed by atoms with Gasteiger partial charge in [0.15, 0.2) is 17.2 Å². The van der Waals surface area contributed by atoms with Crippen LogP contribution in [0.5, 0.6) is 0 Å². The second kappa shape index (κ2) is 8.02. The summed E-state index contributed by atoms with van der Waals surface area (Å²) in [5, 5.41) is 3.67. The number of nitrogens with zero attached hydrogens (tertiary/aromatic N) is 4. The molecule has 2 aromatic heterocycles. The number of benzene rings is 2. The van der Waals surface area contributed by atoms with Crippen LogP contribution in [-0.2, 0) is 6.18 Å². The lowest BCUT2D eigenvalue weighted by Gasteiger charge is -2.19. The predicted molar refractivity (Wildman–Crippen MR) is 122 cm³/mol. The summed E-state index contributed by atoms with van der Waals surface area (Å²) in [6.45, 7) is 1.70. The van der Waals surface area contributed by atoms with E-state index in [9.17, 15) is 18.0 Å². The number of aryl methyl sites for hydroxylation is 1. The number of fused-ring (bicyclic) bond motifs is 1. The molecule has 11 heteroatoms. The third-order valence-electron chi connectivity index (χ3n) is 5.66. The van der Waals surface area contributed by atoms with Gasteiger partial charge in [0.05, 0.1) is 27.1 Å². The van der Waals surface area contributed by atoms with Crippen LogP contribution in [0.4, 0.5) is 18.9 Å². The standard InChI is InChI=1S/C23H17Cl2F3N4O2/c1-11-29-16-9-15(24)17(10-18(16)34-11)31(2)22(33)13-4-3-5-14(8-13)32-20(12-6-7-12)19(25)21(30-32)23(26,27)28/h3-5,8-10,12H,6-7H2,1-2H3. The van der Waals surface area contributed by atoms with Gasteiger partial charge >= 0.3 is 6.18 Å². The normalized spacial score (nSPS) is 14.1. The first-order chi connectivity index (χ1) is 16.0. The lowest BCUT2D eigenvalue weighted by Crippen LogP contribution is -2.26. The molecular weight excluding hydrogens is 492 g/mol. The molecule has 0 N–H and O–H groups in total. The fourth-order valence-electron chi connectivity index (χ4n) is 3.88. The molecule has 2 aromatic carbocycles. The number of carbonyl (C=O) groups is 1. The summed E-state index contributed by atoms with van der Waals surface area (Å²) in [4.78, 5) is 18.8. The highest BCUT2D eigenvalue weighted by Crippen LogP contribution is 2.47. The molecule has 2 heterocycles. The van der Waals surface area contributed by atoms with Crippen LogP contribution >= 0.6 is 23.2 Å². The molecule has 4 aromatic rings. The molecule has 0 spiro atoms. The van der Waals surface area contributed by atoms with Crippen LogP contribution in [0.15, 0.2) is 40.8 Å². The van der Waals surface area contributed by atoms with E-state index in [2.05, 4.69) is 10.1 Å². The van der Waals surface area contributed by atoms with Crippen molar-refractivity contribution in [2.75, 3.05) is 11.9 Å². The Morgan fingerprint density at radius 2 is 1.94 bits per heavy atom. The average molecular weight is 509 g/mol. The Labute approximate surface area is 201 Å². The molecule has 1 aliphatic rings. The van der Waals surface area contributed by atoms with Gasteiger partial charge in [-0.15, -0.1) is 0 Å². The Morgan fingerprint density at radius 3 is 2.62 bits per heavy atom. The molecule has 0 atom stereocenters. The molecule has 0 saturated heterocycles. The fourth-order valence-corrected chi connectivity index (χ4v) is 4.55. The van der Waals surface area contributed by atoms with E-state index < -0.39 is 22.8 Å². The van der Waals surface area contributed by atoms with E-state index in [0.717, 1.165) is 12.8 Å². The van der Waals surface area contributed by atoms with Crippen LogP contribution in [0.25, 0.3) is 16.8 Å². The average Bonchev–Trinajstić information content (AvgIpc) is 3.45. The van der Waals surface area contributed by atoms with Gasteiger partial charge in [0.2, 0.25) is 0 Å². The smallest absolute Gasteiger partial charge is 0.436 e. The first kappa shape index (κ1) is 22.7. The number of amides is 1. The van der Waals surface area contributed by atoms with Gasteiger partial charge < -0.3 is 9.32 Å². The number of alkyl halides is 3. The second-order valence-corrected chi connectivity index (χ2v) is 8.94. The maximum atomic E-state index is 13.4. The summed E-state index contributed by atoms with van der Waals surface area (Å²) in [6.07, 6.45) is -3.23. The molecular formula is C23H17Cl2F3N4O2. The molecule has 0 radical (unpaired) electrons. The van der Waals surface area contributed by atoms with Crippen molar-refractivity contribution in [3.05, 3.63) is 69.3 Å². The third kappa shape index (κ3) is 3.92. The number of hydrogen-bond donors (Lipinski definition) is 0.